The number of nitrogens with one attached hydrogen (secondary N) is 1. The number of fused-ring (bicyclic) bond motifs is 1. The van der Waals surface area contributed by atoms with Crippen LogP contribution in [0.15, 0.2) is 30.5 Å². The SMILES string of the molecule is COc1cc(NC(C)CC(=O)O)c2ncccc2c1. The molecule has 0 aliphatic carbocycles. The summed E-state index contributed by atoms with van der Waals surface area (Å²) < 4.78 is 5.24. The van der Waals surface area contributed by atoms with Crippen molar-refractivity contribution < 1.29 is 14.6 Å². The van der Waals surface area contributed by atoms with E-state index < -0.39 is 5.97 Å². The molecule has 0 fully saturated rings. The Kier molecular flexibility index (Phi) is 3.85. The standard InChI is InChI=1S/C14H16N2O3/c1-9(6-13(17)18)16-12-8-11(19-2)7-10-4-3-5-15-14(10)12/h3-5,7-9,16H,6H2,1-2H3,(H,17,18). The minimum atomic E-state index is -0.833. The van der Waals surface area contributed by atoms with Crippen LogP contribution in [0, 0.1) is 0 Å². The molecule has 0 aliphatic heterocycles. The summed E-state index contributed by atoms with van der Waals surface area (Å²) in [6.45, 7) is 1.82. The van der Waals surface area contributed by atoms with E-state index in [0.29, 0.717) is 5.75 Å². The first kappa shape index (κ1) is 13.1. The summed E-state index contributed by atoms with van der Waals surface area (Å²) in [7, 11) is 1.60. The molecule has 0 saturated heterocycles. The molecular weight excluding hydrogens is 244 g/mol. The number of aliphatic carboxylic acids is 1. The summed E-state index contributed by atoms with van der Waals surface area (Å²) in [5.74, 6) is -0.120. The van der Waals surface area contributed by atoms with Crippen LogP contribution in [0.2, 0.25) is 0 Å². The molecule has 5 nitrogen and oxygen atoms in total. The summed E-state index contributed by atoms with van der Waals surface area (Å²) in [5.41, 5.74) is 1.59. The zero-order valence-corrected chi connectivity index (χ0v) is 10.9. The molecule has 0 saturated carbocycles. The van der Waals surface area contributed by atoms with Gasteiger partial charge in [-0.05, 0) is 19.1 Å². The molecule has 100 valence electrons. The monoisotopic (exact) mass is 260 g/mol. The molecule has 2 aromatic rings. The molecular formula is C14H16N2O3. The Labute approximate surface area is 111 Å². The minimum Gasteiger partial charge on any atom is -0.497 e. The van der Waals surface area contributed by atoms with Crippen LogP contribution in [0.5, 0.6) is 5.75 Å². The molecule has 0 aliphatic rings. The normalized spacial score (nSPS) is 12.1. The van der Waals surface area contributed by atoms with Crippen molar-refractivity contribution in [2.24, 2.45) is 0 Å². The van der Waals surface area contributed by atoms with Gasteiger partial charge >= 0.3 is 5.97 Å². The highest BCUT2D eigenvalue weighted by atomic mass is 16.5. The highest BCUT2D eigenvalue weighted by Crippen LogP contribution is 2.28. The van der Waals surface area contributed by atoms with Crippen LogP contribution in [-0.4, -0.2) is 29.2 Å². The van der Waals surface area contributed by atoms with Crippen LogP contribution in [0.3, 0.4) is 0 Å². The molecule has 1 aromatic carbocycles. The summed E-state index contributed by atoms with van der Waals surface area (Å²) in [4.78, 5) is 15.0. The Hall–Kier alpha value is -2.30. The van der Waals surface area contributed by atoms with Crippen LogP contribution in [0.4, 0.5) is 5.69 Å². The van der Waals surface area contributed by atoms with Crippen LogP contribution < -0.4 is 10.1 Å². The maximum absolute atomic E-state index is 10.7. The quantitative estimate of drug-likeness (QED) is 0.864. The fraction of sp³-hybridized carbons (Fsp3) is 0.286. The highest BCUT2D eigenvalue weighted by Gasteiger charge is 2.11. The maximum atomic E-state index is 10.7. The Balaban J connectivity index is 2.37. The lowest BCUT2D eigenvalue weighted by Gasteiger charge is -2.15. The van der Waals surface area contributed by atoms with E-state index in [4.69, 9.17) is 9.84 Å². The van der Waals surface area contributed by atoms with E-state index in [1.54, 1.807) is 13.3 Å². The van der Waals surface area contributed by atoms with E-state index in [0.717, 1.165) is 16.6 Å². The Morgan fingerprint density at radius 2 is 2.32 bits per heavy atom. The summed E-state index contributed by atoms with van der Waals surface area (Å²) in [6, 6.07) is 7.34. The van der Waals surface area contributed by atoms with E-state index >= 15 is 0 Å². The predicted molar refractivity (Wildman–Crippen MR) is 73.6 cm³/mol. The summed E-state index contributed by atoms with van der Waals surface area (Å²) in [5, 5.41) is 12.9. The zero-order chi connectivity index (χ0) is 13.8. The van der Waals surface area contributed by atoms with Gasteiger partial charge in [-0.3, -0.25) is 9.78 Å². The summed E-state index contributed by atoms with van der Waals surface area (Å²) >= 11 is 0. The molecule has 2 rings (SSSR count). The number of carboxylic acid groups (broad SMARTS) is 1. The zero-order valence-electron chi connectivity index (χ0n) is 10.9. The molecule has 2 N–H and O–H groups in total. The predicted octanol–water partition coefficient (Wildman–Crippen LogP) is 2.52. The van der Waals surface area contributed by atoms with Crippen LogP contribution in [0.1, 0.15) is 13.3 Å². The smallest absolute Gasteiger partial charge is 0.305 e. The lowest BCUT2D eigenvalue weighted by atomic mass is 10.1. The third kappa shape index (κ3) is 3.13. The van der Waals surface area contributed by atoms with Gasteiger partial charge in [-0.1, -0.05) is 6.07 Å². The second-order valence-corrected chi connectivity index (χ2v) is 4.39. The number of carboxylic acids is 1. The number of nitrogens with zero attached hydrogens (tertiary/aromatic N) is 1. The molecule has 5 heteroatoms. The Morgan fingerprint density at radius 1 is 1.53 bits per heavy atom. The number of ether oxygens (including phenoxy) is 1. The number of anilines is 1. The van der Waals surface area contributed by atoms with Crippen molar-refractivity contribution in [2.75, 3.05) is 12.4 Å². The van der Waals surface area contributed by atoms with Gasteiger partial charge < -0.3 is 15.2 Å². The number of hydrogen-bond donors (Lipinski definition) is 2. The van der Waals surface area contributed by atoms with Crippen LogP contribution >= 0.6 is 0 Å². The van der Waals surface area contributed by atoms with Crippen molar-refractivity contribution in [3.63, 3.8) is 0 Å². The summed E-state index contributed by atoms with van der Waals surface area (Å²) in [6.07, 6.45) is 1.76. The van der Waals surface area contributed by atoms with Crippen molar-refractivity contribution in [3.05, 3.63) is 30.5 Å². The fourth-order valence-corrected chi connectivity index (χ4v) is 1.97. The van der Waals surface area contributed by atoms with Crippen molar-refractivity contribution in [2.45, 2.75) is 19.4 Å². The van der Waals surface area contributed by atoms with Crippen LogP contribution in [-0.2, 0) is 4.79 Å². The number of aromatic nitrogens is 1. The molecule has 0 spiro atoms. The van der Waals surface area contributed by atoms with Gasteiger partial charge in [0.1, 0.15) is 5.75 Å². The van der Waals surface area contributed by atoms with E-state index in [1.165, 1.54) is 0 Å². The van der Waals surface area contributed by atoms with E-state index in [-0.39, 0.29) is 12.5 Å². The van der Waals surface area contributed by atoms with Gasteiger partial charge in [-0.15, -0.1) is 0 Å². The minimum absolute atomic E-state index is 0.0472. The molecule has 0 bridgehead atoms. The van der Waals surface area contributed by atoms with E-state index in [2.05, 4.69) is 10.3 Å². The average Bonchev–Trinajstić information content (AvgIpc) is 2.37. The Morgan fingerprint density at radius 3 is 3.00 bits per heavy atom. The molecule has 0 radical (unpaired) electrons. The lowest BCUT2D eigenvalue weighted by Crippen LogP contribution is -2.19. The molecule has 1 heterocycles. The molecule has 0 amide bonds. The van der Waals surface area contributed by atoms with Gasteiger partial charge in [0.05, 0.1) is 24.7 Å². The van der Waals surface area contributed by atoms with Gasteiger partial charge in [0.2, 0.25) is 0 Å². The third-order valence-electron chi connectivity index (χ3n) is 2.80. The number of benzene rings is 1. The molecule has 1 unspecified atom stereocenters. The first-order chi connectivity index (χ1) is 9.10. The van der Waals surface area contributed by atoms with Crippen molar-refractivity contribution in [1.29, 1.82) is 0 Å². The first-order valence-corrected chi connectivity index (χ1v) is 6.01. The lowest BCUT2D eigenvalue weighted by molar-refractivity contribution is -0.137. The average molecular weight is 260 g/mol. The van der Waals surface area contributed by atoms with Gasteiger partial charge in [-0.2, -0.15) is 0 Å². The first-order valence-electron chi connectivity index (χ1n) is 6.01. The van der Waals surface area contributed by atoms with Crippen molar-refractivity contribution >= 4 is 22.6 Å². The van der Waals surface area contributed by atoms with Gasteiger partial charge in [0.25, 0.3) is 0 Å². The largest absolute Gasteiger partial charge is 0.497 e. The Bertz CT molecular complexity index is 598. The van der Waals surface area contributed by atoms with E-state index in [1.807, 2.05) is 31.2 Å². The van der Waals surface area contributed by atoms with Crippen molar-refractivity contribution in [3.8, 4) is 5.75 Å². The fourth-order valence-electron chi connectivity index (χ4n) is 1.97. The third-order valence-corrected chi connectivity index (χ3v) is 2.80. The second-order valence-electron chi connectivity index (χ2n) is 4.39. The number of hydrogen-bond acceptors (Lipinski definition) is 4. The van der Waals surface area contributed by atoms with Gasteiger partial charge in [0, 0.05) is 23.7 Å². The van der Waals surface area contributed by atoms with Crippen LogP contribution in [0.25, 0.3) is 10.9 Å². The molecule has 19 heavy (non-hydrogen) atoms. The number of pyridine rings is 1. The maximum Gasteiger partial charge on any atom is 0.305 e. The number of rotatable bonds is 5. The number of methoxy groups -OCH3 is 1. The van der Waals surface area contributed by atoms with Crippen molar-refractivity contribution in [1.82, 2.24) is 4.98 Å². The number of carbonyl (C=O) groups is 1. The topological polar surface area (TPSA) is 71.5 Å². The highest BCUT2D eigenvalue weighted by molar-refractivity contribution is 5.92. The molecule has 1 atom stereocenters. The second kappa shape index (κ2) is 5.56. The van der Waals surface area contributed by atoms with E-state index in [9.17, 15) is 4.79 Å². The molecule has 1 aromatic heterocycles. The van der Waals surface area contributed by atoms with Gasteiger partial charge in [0.15, 0.2) is 0 Å². The van der Waals surface area contributed by atoms with Gasteiger partial charge in [-0.25, -0.2) is 0 Å².